The molecule has 0 aliphatic carbocycles. The van der Waals surface area contributed by atoms with Crippen molar-refractivity contribution in [3.8, 4) is 0 Å². The van der Waals surface area contributed by atoms with Crippen LogP contribution in [0, 0.1) is 0 Å². The van der Waals surface area contributed by atoms with Crippen LogP contribution in [0.4, 0.5) is 4.79 Å². The molecule has 0 aliphatic heterocycles. The molecule has 144 valence electrons. The molecule has 9 heteroatoms. The second kappa shape index (κ2) is 16.9. The molecule has 0 spiro atoms. The zero-order valence-electron chi connectivity index (χ0n) is 15.0. The molecule has 0 fully saturated rings. The highest BCUT2D eigenvalue weighted by Gasteiger charge is 2.06. The Bertz CT molecular complexity index is 297. The van der Waals surface area contributed by atoms with E-state index < -0.39 is 6.09 Å². The Morgan fingerprint density at radius 1 is 1.21 bits per heavy atom. The van der Waals surface area contributed by atoms with Crippen LogP contribution >= 0.6 is 0 Å². The molecule has 5 N–H and O–H groups in total. The van der Waals surface area contributed by atoms with Crippen LogP contribution in [-0.2, 0) is 14.2 Å². The number of nitrogens with two attached hydrogens (primary N) is 1. The van der Waals surface area contributed by atoms with E-state index in [1.54, 1.807) is 0 Å². The molecule has 0 saturated carbocycles. The summed E-state index contributed by atoms with van der Waals surface area (Å²) in [6.45, 7) is 7.40. The second-order valence-corrected chi connectivity index (χ2v) is 5.28. The number of hydrogen-bond acceptors (Lipinski definition) is 8. The quantitative estimate of drug-likeness (QED) is 0.251. The van der Waals surface area contributed by atoms with E-state index in [0.717, 1.165) is 26.2 Å². The van der Waals surface area contributed by atoms with Crippen LogP contribution < -0.4 is 16.4 Å². The van der Waals surface area contributed by atoms with Gasteiger partial charge >= 0.3 is 6.09 Å². The standard InChI is InChI=1S/C15H34N4O5/c1-14(23-10-9-20)13-22-11-12-24-15(21)18-5-8-19(6-3-16)7-4-17-2/h14,17,20H,3-13,16H2,1-2H3,(H,18,21). The maximum absolute atomic E-state index is 11.5. The van der Waals surface area contributed by atoms with Gasteiger partial charge in [0.2, 0.25) is 0 Å². The van der Waals surface area contributed by atoms with Gasteiger partial charge in [-0.25, -0.2) is 4.79 Å². The molecule has 1 amide bonds. The lowest BCUT2D eigenvalue weighted by Gasteiger charge is -2.21. The van der Waals surface area contributed by atoms with E-state index in [9.17, 15) is 4.79 Å². The highest BCUT2D eigenvalue weighted by atomic mass is 16.6. The topological polar surface area (TPSA) is 118 Å². The van der Waals surface area contributed by atoms with Gasteiger partial charge in [-0.15, -0.1) is 0 Å². The van der Waals surface area contributed by atoms with Gasteiger partial charge in [0, 0.05) is 39.3 Å². The van der Waals surface area contributed by atoms with Gasteiger partial charge in [0.05, 0.1) is 32.5 Å². The molecule has 0 aromatic rings. The smallest absolute Gasteiger partial charge is 0.407 e. The molecule has 9 nitrogen and oxygen atoms in total. The molecule has 1 atom stereocenters. The van der Waals surface area contributed by atoms with Crippen molar-refractivity contribution in [2.45, 2.75) is 13.0 Å². The van der Waals surface area contributed by atoms with E-state index in [-0.39, 0.29) is 19.3 Å². The molecular formula is C15H34N4O5. The Hall–Kier alpha value is -0.970. The number of carbonyl (C=O) groups is 1. The number of likely N-dealkylation sites (N-methyl/N-ethyl adjacent to an activating group) is 1. The Labute approximate surface area is 144 Å². The third kappa shape index (κ3) is 14.6. The summed E-state index contributed by atoms with van der Waals surface area (Å²) in [4.78, 5) is 13.7. The predicted molar refractivity (Wildman–Crippen MR) is 92.1 cm³/mol. The van der Waals surface area contributed by atoms with Gasteiger partial charge in [0.25, 0.3) is 0 Å². The summed E-state index contributed by atoms with van der Waals surface area (Å²) in [5.41, 5.74) is 5.57. The van der Waals surface area contributed by atoms with E-state index >= 15 is 0 Å². The van der Waals surface area contributed by atoms with Crippen molar-refractivity contribution < 1.29 is 24.1 Å². The largest absolute Gasteiger partial charge is 0.447 e. The second-order valence-electron chi connectivity index (χ2n) is 5.28. The third-order valence-corrected chi connectivity index (χ3v) is 3.13. The average Bonchev–Trinajstić information content (AvgIpc) is 2.57. The van der Waals surface area contributed by atoms with Crippen molar-refractivity contribution in [2.75, 3.05) is 79.4 Å². The molecule has 0 radical (unpaired) electrons. The minimum absolute atomic E-state index is 0.00864. The number of aliphatic hydroxyl groups excluding tert-OH is 1. The predicted octanol–water partition coefficient (Wildman–Crippen LogP) is -1.39. The Morgan fingerprint density at radius 3 is 2.62 bits per heavy atom. The molecule has 0 bridgehead atoms. The minimum atomic E-state index is -0.454. The lowest BCUT2D eigenvalue weighted by atomic mass is 10.4. The first-order valence-electron chi connectivity index (χ1n) is 8.41. The van der Waals surface area contributed by atoms with Crippen molar-refractivity contribution in [1.82, 2.24) is 15.5 Å². The molecule has 0 aromatic heterocycles. The van der Waals surface area contributed by atoms with E-state index in [1.807, 2.05) is 14.0 Å². The summed E-state index contributed by atoms with van der Waals surface area (Å²) in [5, 5.41) is 14.4. The van der Waals surface area contributed by atoms with Crippen molar-refractivity contribution in [3.05, 3.63) is 0 Å². The molecule has 0 aromatic carbocycles. The number of nitrogens with zero attached hydrogens (tertiary/aromatic N) is 1. The van der Waals surface area contributed by atoms with Crippen molar-refractivity contribution in [2.24, 2.45) is 5.73 Å². The van der Waals surface area contributed by atoms with Gasteiger partial charge in [-0.05, 0) is 14.0 Å². The third-order valence-electron chi connectivity index (χ3n) is 3.13. The zero-order chi connectivity index (χ0) is 18.0. The van der Waals surface area contributed by atoms with Crippen LogP contribution in [0.25, 0.3) is 0 Å². The summed E-state index contributed by atoms with van der Waals surface area (Å²) in [6.07, 6.45) is -0.554. The summed E-state index contributed by atoms with van der Waals surface area (Å²) in [7, 11) is 1.90. The van der Waals surface area contributed by atoms with Crippen LogP contribution in [0.1, 0.15) is 6.92 Å². The average molecular weight is 350 g/mol. The number of rotatable bonds is 16. The van der Waals surface area contributed by atoms with E-state index in [4.69, 9.17) is 25.1 Å². The maximum atomic E-state index is 11.5. The van der Waals surface area contributed by atoms with Gasteiger partial charge in [-0.1, -0.05) is 0 Å². The van der Waals surface area contributed by atoms with Gasteiger partial charge in [0.1, 0.15) is 6.61 Å². The maximum Gasteiger partial charge on any atom is 0.407 e. The number of alkyl carbamates (subject to hydrolysis) is 1. The molecular weight excluding hydrogens is 316 g/mol. The first-order chi connectivity index (χ1) is 11.6. The van der Waals surface area contributed by atoms with E-state index in [2.05, 4.69) is 15.5 Å². The molecule has 24 heavy (non-hydrogen) atoms. The van der Waals surface area contributed by atoms with Crippen LogP contribution in [0.2, 0.25) is 0 Å². The summed E-state index contributed by atoms with van der Waals surface area (Å²) >= 11 is 0. The van der Waals surface area contributed by atoms with Gasteiger partial charge in [-0.2, -0.15) is 0 Å². The number of ether oxygens (including phenoxy) is 3. The van der Waals surface area contributed by atoms with Crippen LogP contribution in [0.5, 0.6) is 0 Å². The fraction of sp³-hybridized carbons (Fsp3) is 0.933. The van der Waals surface area contributed by atoms with E-state index in [0.29, 0.717) is 32.9 Å². The number of amides is 1. The monoisotopic (exact) mass is 350 g/mol. The highest BCUT2D eigenvalue weighted by molar-refractivity contribution is 5.67. The van der Waals surface area contributed by atoms with E-state index in [1.165, 1.54) is 0 Å². The zero-order valence-corrected chi connectivity index (χ0v) is 15.0. The molecule has 0 saturated heterocycles. The van der Waals surface area contributed by atoms with Crippen molar-refractivity contribution in [1.29, 1.82) is 0 Å². The molecule has 1 unspecified atom stereocenters. The summed E-state index contributed by atoms with van der Waals surface area (Å²) in [5.74, 6) is 0. The normalized spacial score (nSPS) is 12.4. The van der Waals surface area contributed by atoms with Crippen LogP contribution in [-0.4, -0.2) is 102 Å². The summed E-state index contributed by atoms with van der Waals surface area (Å²) < 4.78 is 15.6. The SMILES string of the molecule is CNCCN(CCN)CCNC(=O)OCCOCC(C)OCCO. The van der Waals surface area contributed by atoms with Gasteiger partial charge < -0.3 is 35.7 Å². The lowest BCUT2D eigenvalue weighted by molar-refractivity contribution is -0.0258. The Morgan fingerprint density at radius 2 is 1.96 bits per heavy atom. The first kappa shape index (κ1) is 23.0. The highest BCUT2D eigenvalue weighted by Crippen LogP contribution is 1.92. The molecule has 0 aliphatic rings. The van der Waals surface area contributed by atoms with Crippen molar-refractivity contribution in [3.63, 3.8) is 0 Å². The number of hydrogen-bond donors (Lipinski definition) is 4. The molecule has 0 rings (SSSR count). The molecule has 0 heterocycles. The number of nitrogens with one attached hydrogen (secondary N) is 2. The van der Waals surface area contributed by atoms with Gasteiger partial charge in [-0.3, -0.25) is 4.90 Å². The first-order valence-corrected chi connectivity index (χ1v) is 8.41. The minimum Gasteiger partial charge on any atom is -0.447 e. The van der Waals surface area contributed by atoms with Gasteiger partial charge in [0.15, 0.2) is 0 Å². The number of aliphatic hydroxyl groups is 1. The number of carbonyl (C=O) groups excluding carboxylic acids is 1. The lowest BCUT2D eigenvalue weighted by Crippen LogP contribution is -2.40. The fourth-order valence-electron chi connectivity index (χ4n) is 1.90. The Balaban J connectivity index is 3.57. The van der Waals surface area contributed by atoms with Crippen molar-refractivity contribution >= 4 is 6.09 Å². The Kier molecular flexibility index (Phi) is 16.2. The summed E-state index contributed by atoms with van der Waals surface area (Å²) in [6, 6.07) is 0. The van der Waals surface area contributed by atoms with Crippen LogP contribution in [0.3, 0.4) is 0 Å². The van der Waals surface area contributed by atoms with Crippen LogP contribution in [0.15, 0.2) is 0 Å². The fourth-order valence-corrected chi connectivity index (χ4v) is 1.90.